The summed E-state index contributed by atoms with van der Waals surface area (Å²) in [5, 5.41) is 7.78. The first-order chi connectivity index (χ1) is 11.6. The minimum absolute atomic E-state index is 0.288. The van der Waals surface area contributed by atoms with Crippen molar-refractivity contribution >= 4 is 34.8 Å². The van der Waals surface area contributed by atoms with Crippen LogP contribution in [0, 0.1) is 0 Å². The lowest BCUT2D eigenvalue weighted by molar-refractivity contribution is -0.112. The molecule has 2 aromatic heterocycles. The third kappa shape index (κ3) is 3.43. The Balaban J connectivity index is 1.83. The van der Waals surface area contributed by atoms with Crippen LogP contribution in [0.5, 0.6) is 0 Å². The molecule has 0 saturated carbocycles. The molecule has 1 amide bonds. The smallest absolute Gasteiger partial charge is 0.258 e. The molecule has 0 spiro atoms. The number of anilines is 2. The number of amides is 1. The number of fused-ring (bicyclic) bond motifs is 1. The normalized spacial score (nSPS) is 16.0. The number of hydrogen-bond donors (Lipinski definition) is 1. The van der Waals surface area contributed by atoms with Crippen molar-refractivity contribution < 1.29 is 4.79 Å². The van der Waals surface area contributed by atoms with E-state index in [9.17, 15) is 4.79 Å². The monoisotopic (exact) mass is 345 g/mol. The Labute approximate surface area is 145 Å². The lowest BCUT2D eigenvalue weighted by Gasteiger charge is -2.15. The van der Waals surface area contributed by atoms with Gasteiger partial charge >= 0.3 is 0 Å². The lowest BCUT2D eigenvalue weighted by Crippen LogP contribution is -2.19. The molecule has 3 heterocycles. The van der Waals surface area contributed by atoms with Crippen molar-refractivity contribution in [1.29, 1.82) is 0 Å². The fraction of sp³-hybridized carbons (Fsp3) is 0.353. The highest BCUT2D eigenvalue weighted by molar-refractivity contribution is 6.32. The minimum atomic E-state index is -0.288. The zero-order chi connectivity index (χ0) is 17.1. The maximum atomic E-state index is 12.3. The summed E-state index contributed by atoms with van der Waals surface area (Å²) in [5.74, 6) is 1.09. The van der Waals surface area contributed by atoms with Crippen molar-refractivity contribution in [1.82, 2.24) is 14.6 Å². The van der Waals surface area contributed by atoms with Crippen molar-refractivity contribution in [3.05, 3.63) is 41.1 Å². The zero-order valence-electron chi connectivity index (χ0n) is 13.8. The molecule has 0 atom stereocenters. The molecule has 0 aliphatic carbocycles. The Morgan fingerprint density at radius 2 is 2.08 bits per heavy atom. The van der Waals surface area contributed by atoms with Crippen LogP contribution in [0.15, 0.2) is 41.1 Å². The van der Waals surface area contributed by atoms with Crippen molar-refractivity contribution in [3.63, 3.8) is 0 Å². The van der Waals surface area contributed by atoms with E-state index in [1.807, 2.05) is 19.1 Å². The summed E-state index contributed by atoms with van der Waals surface area (Å²) in [6.45, 7) is 5.58. The van der Waals surface area contributed by atoms with Gasteiger partial charge in [0.15, 0.2) is 11.5 Å². The summed E-state index contributed by atoms with van der Waals surface area (Å²) in [6, 6.07) is 3.87. The van der Waals surface area contributed by atoms with Gasteiger partial charge in [0, 0.05) is 18.1 Å². The van der Waals surface area contributed by atoms with Gasteiger partial charge in [-0.3, -0.25) is 4.79 Å². The molecule has 126 valence electrons. The summed E-state index contributed by atoms with van der Waals surface area (Å²) in [5.41, 5.74) is 1.11. The van der Waals surface area contributed by atoms with Crippen LogP contribution >= 0.6 is 11.6 Å². The molecule has 1 aliphatic heterocycles. The highest BCUT2D eigenvalue weighted by Gasteiger charge is 2.15. The Morgan fingerprint density at radius 1 is 1.33 bits per heavy atom. The second kappa shape index (κ2) is 7.05. The van der Waals surface area contributed by atoms with E-state index in [2.05, 4.69) is 20.3 Å². The maximum absolute atomic E-state index is 12.3. The molecule has 3 rings (SSSR count). The molecule has 1 N–H and O–H groups in total. The van der Waals surface area contributed by atoms with Crippen molar-refractivity contribution in [2.75, 3.05) is 23.3 Å². The number of carbonyl (C=O) groups is 1. The van der Waals surface area contributed by atoms with Gasteiger partial charge in [-0.1, -0.05) is 23.8 Å². The molecular formula is C17H20ClN5O. The Hall–Kier alpha value is -2.34. The largest absolute Gasteiger partial charge is 0.355 e. The summed E-state index contributed by atoms with van der Waals surface area (Å²) < 4.78 is 1.69. The second-order valence-corrected chi connectivity index (χ2v) is 6.28. The van der Waals surface area contributed by atoms with Gasteiger partial charge in [-0.05, 0) is 38.8 Å². The van der Waals surface area contributed by atoms with Gasteiger partial charge in [0.25, 0.3) is 5.91 Å². The van der Waals surface area contributed by atoms with Gasteiger partial charge in [0.05, 0.1) is 11.8 Å². The third-order valence-electron chi connectivity index (χ3n) is 3.93. The van der Waals surface area contributed by atoms with Crippen LogP contribution < -0.4 is 10.2 Å². The summed E-state index contributed by atoms with van der Waals surface area (Å²) in [4.78, 5) is 18.9. The predicted octanol–water partition coefficient (Wildman–Crippen LogP) is 3.36. The number of nitrogens with zero attached hydrogens (tertiary/aromatic N) is 4. The van der Waals surface area contributed by atoms with Gasteiger partial charge in [0.1, 0.15) is 5.82 Å². The molecule has 0 unspecified atom stereocenters. The highest BCUT2D eigenvalue weighted by Crippen LogP contribution is 2.19. The van der Waals surface area contributed by atoms with Crippen LogP contribution in [0.3, 0.4) is 0 Å². The summed E-state index contributed by atoms with van der Waals surface area (Å²) >= 11 is 5.98. The standard InChI is InChI=1S/C17H20ClN5O/c1-3-6-13(12(2)18)17(24)20-14-11-23-15(19-14)7-8-16(21-23)22-9-4-5-10-22/h3,6-8,11H,4-5,9-10H2,1-2H3,(H,20,24)/b6-3-,13-12-. The topological polar surface area (TPSA) is 62.5 Å². The zero-order valence-corrected chi connectivity index (χ0v) is 14.5. The van der Waals surface area contributed by atoms with Crippen molar-refractivity contribution in [3.8, 4) is 0 Å². The second-order valence-electron chi connectivity index (χ2n) is 5.72. The van der Waals surface area contributed by atoms with Crippen LogP contribution in [-0.4, -0.2) is 33.6 Å². The van der Waals surface area contributed by atoms with Crippen LogP contribution in [0.1, 0.15) is 26.7 Å². The molecule has 0 aromatic carbocycles. The predicted molar refractivity (Wildman–Crippen MR) is 96.4 cm³/mol. The van der Waals surface area contributed by atoms with Gasteiger partial charge in [-0.25, -0.2) is 9.50 Å². The number of imidazole rings is 1. The molecule has 2 aromatic rings. The van der Waals surface area contributed by atoms with E-state index >= 15 is 0 Å². The maximum Gasteiger partial charge on any atom is 0.258 e. The van der Waals surface area contributed by atoms with E-state index in [0.717, 1.165) is 18.9 Å². The molecule has 1 saturated heterocycles. The number of halogens is 1. The molecule has 0 radical (unpaired) electrons. The van der Waals surface area contributed by atoms with Crippen LogP contribution in [0.4, 0.5) is 11.6 Å². The summed E-state index contributed by atoms with van der Waals surface area (Å²) in [7, 11) is 0. The van der Waals surface area contributed by atoms with E-state index in [0.29, 0.717) is 22.1 Å². The van der Waals surface area contributed by atoms with Gasteiger partial charge in [-0.15, -0.1) is 5.10 Å². The molecule has 0 bridgehead atoms. The van der Waals surface area contributed by atoms with E-state index in [-0.39, 0.29) is 5.91 Å². The van der Waals surface area contributed by atoms with E-state index < -0.39 is 0 Å². The molecule has 24 heavy (non-hydrogen) atoms. The average molecular weight is 346 g/mol. The Morgan fingerprint density at radius 3 is 2.75 bits per heavy atom. The van der Waals surface area contributed by atoms with Crippen molar-refractivity contribution in [2.45, 2.75) is 26.7 Å². The first-order valence-corrected chi connectivity index (χ1v) is 8.38. The number of hydrogen-bond acceptors (Lipinski definition) is 4. The number of aromatic nitrogens is 3. The van der Waals surface area contributed by atoms with E-state index in [1.54, 1.807) is 29.8 Å². The van der Waals surface area contributed by atoms with Gasteiger partial charge in [-0.2, -0.15) is 0 Å². The molecule has 7 heteroatoms. The fourth-order valence-corrected chi connectivity index (χ4v) is 2.89. The number of rotatable bonds is 4. The average Bonchev–Trinajstić information content (AvgIpc) is 3.20. The highest BCUT2D eigenvalue weighted by atomic mass is 35.5. The van der Waals surface area contributed by atoms with Gasteiger partial charge in [0.2, 0.25) is 0 Å². The SMILES string of the molecule is C/C=C\C(C(=O)Nc1cn2nc(N3CCCC3)ccc2n1)=C(/C)Cl. The molecule has 6 nitrogen and oxygen atoms in total. The quantitative estimate of drug-likeness (QED) is 0.681. The van der Waals surface area contributed by atoms with Crippen LogP contribution in [-0.2, 0) is 4.79 Å². The Bertz CT molecular complexity index is 813. The van der Waals surface area contributed by atoms with Crippen molar-refractivity contribution in [2.24, 2.45) is 0 Å². The number of allylic oxidation sites excluding steroid dienone is 2. The first kappa shape index (κ1) is 16.5. The Kier molecular flexibility index (Phi) is 4.85. The molecule has 1 fully saturated rings. The lowest BCUT2D eigenvalue weighted by atomic mass is 10.2. The number of nitrogens with one attached hydrogen (secondary N) is 1. The van der Waals surface area contributed by atoms with E-state index in [4.69, 9.17) is 11.6 Å². The number of carbonyl (C=O) groups excluding carboxylic acids is 1. The molecule has 1 aliphatic rings. The molecular weight excluding hydrogens is 326 g/mol. The minimum Gasteiger partial charge on any atom is -0.355 e. The fourth-order valence-electron chi connectivity index (χ4n) is 2.74. The van der Waals surface area contributed by atoms with E-state index in [1.165, 1.54) is 12.8 Å². The first-order valence-electron chi connectivity index (χ1n) is 8.00. The van der Waals surface area contributed by atoms with Crippen LogP contribution in [0.2, 0.25) is 0 Å². The van der Waals surface area contributed by atoms with Crippen LogP contribution in [0.25, 0.3) is 5.65 Å². The third-order valence-corrected chi connectivity index (χ3v) is 4.13. The summed E-state index contributed by atoms with van der Waals surface area (Å²) in [6.07, 6.45) is 7.56. The van der Waals surface area contributed by atoms with Gasteiger partial charge < -0.3 is 10.2 Å².